The van der Waals surface area contributed by atoms with Gasteiger partial charge in [-0.25, -0.2) is 0 Å². The van der Waals surface area contributed by atoms with Gasteiger partial charge in [0.25, 0.3) is 0 Å². The van der Waals surface area contributed by atoms with Crippen molar-refractivity contribution >= 4 is 11.6 Å². The zero-order valence-corrected chi connectivity index (χ0v) is 12.0. The average molecular weight is 274 g/mol. The highest BCUT2D eigenvalue weighted by Crippen LogP contribution is 2.21. The van der Waals surface area contributed by atoms with Gasteiger partial charge in [0, 0.05) is 38.0 Å². The SMILES string of the molecule is Cc1ccc(N2CCN(C3CCOCC3)CC2=O)cc1. The minimum Gasteiger partial charge on any atom is -0.381 e. The van der Waals surface area contributed by atoms with E-state index >= 15 is 0 Å². The van der Waals surface area contributed by atoms with Crippen LogP contribution in [-0.4, -0.2) is 49.7 Å². The predicted molar refractivity (Wildman–Crippen MR) is 78.9 cm³/mol. The summed E-state index contributed by atoms with van der Waals surface area (Å²) in [5, 5.41) is 0. The third-order valence-corrected chi connectivity index (χ3v) is 4.30. The Labute approximate surface area is 120 Å². The van der Waals surface area contributed by atoms with E-state index in [1.807, 2.05) is 17.0 Å². The maximum Gasteiger partial charge on any atom is 0.241 e. The number of rotatable bonds is 2. The Morgan fingerprint density at radius 3 is 2.45 bits per heavy atom. The highest BCUT2D eigenvalue weighted by molar-refractivity contribution is 5.95. The van der Waals surface area contributed by atoms with Crippen LogP contribution in [0.2, 0.25) is 0 Å². The van der Waals surface area contributed by atoms with Crippen molar-refractivity contribution in [2.45, 2.75) is 25.8 Å². The standard InChI is InChI=1S/C16H22N2O2/c1-13-2-4-15(5-3-13)18-9-8-17(12-16(18)19)14-6-10-20-11-7-14/h2-5,14H,6-12H2,1H3. The Kier molecular flexibility index (Phi) is 4.03. The van der Waals surface area contributed by atoms with Crippen LogP contribution in [0.3, 0.4) is 0 Å². The number of ether oxygens (including phenoxy) is 1. The summed E-state index contributed by atoms with van der Waals surface area (Å²) in [6.45, 7) is 6.02. The summed E-state index contributed by atoms with van der Waals surface area (Å²) < 4.78 is 5.40. The monoisotopic (exact) mass is 274 g/mol. The van der Waals surface area contributed by atoms with Gasteiger partial charge >= 0.3 is 0 Å². The minimum absolute atomic E-state index is 0.214. The minimum atomic E-state index is 0.214. The van der Waals surface area contributed by atoms with Crippen LogP contribution in [0.5, 0.6) is 0 Å². The summed E-state index contributed by atoms with van der Waals surface area (Å²) in [7, 11) is 0. The molecule has 1 aromatic rings. The van der Waals surface area contributed by atoms with Crippen molar-refractivity contribution in [1.29, 1.82) is 0 Å². The molecule has 0 unspecified atom stereocenters. The molecule has 2 aliphatic rings. The second kappa shape index (κ2) is 5.94. The molecule has 0 aliphatic carbocycles. The van der Waals surface area contributed by atoms with E-state index in [-0.39, 0.29) is 5.91 Å². The number of carbonyl (C=O) groups excluding carboxylic acids is 1. The molecule has 0 aromatic heterocycles. The molecule has 0 radical (unpaired) electrons. The predicted octanol–water partition coefficient (Wildman–Crippen LogP) is 1.82. The number of benzene rings is 1. The number of hydrogen-bond donors (Lipinski definition) is 0. The van der Waals surface area contributed by atoms with E-state index < -0.39 is 0 Å². The topological polar surface area (TPSA) is 32.8 Å². The van der Waals surface area contributed by atoms with Crippen molar-refractivity contribution in [3.8, 4) is 0 Å². The van der Waals surface area contributed by atoms with Gasteiger partial charge < -0.3 is 9.64 Å². The van der Waals surface area contributed by atoms with Gasteiger partial charge in [-0.1, -0.05) is 17.7 Å². The third-order valence-electron chi connectivity index (χ3n) is 4.30. The molecule has 20 heavy (non-hydrogen) atoms. The van der Waals surface area contributed by atoms with Crippen molar-refractivity contribution in [3.05, 3.63) is 29.8 Å². The lowest BCUT2D eigenvalue weighted by Crippen LogP contribution is -2.54. The molecule has 0 atom stereocenters. The van der Waals surface area contributed by atoms with Crippen LogP contribution in [-0.2, 0) is 9.53 Å². The normalized spacial score (nSPS) is 22.2. The summed E-state index contributed by atoms with van der Waals surface area (Å²) in [5.74, 6) is 0.214. The second-order valence-electron chi connectivity index (χ2n) is 5.69. The molecule has 108 valence electrons. The molecule has 2 aliphatic heterocycles. The second-order valence-corrected chi connectivity index (χ2v) is 5.69. The van der Waals surface area contributed by atoms with Crippen molar-refractivity contribution in [3.63, 3.8) is 0 Å². The molecule has 2 heterocycles. The first-order chi connectivity index (χ1) is 9.74. The van der Waals surface area contributed by atoms with Gasteiger partial charge in [-0.15, -0.1) is 0 Å². The number of piperazine rings is 1. The average Bonchev–Trinajstić information content (AvgIpc) is 2.49. The fraction of sp³-hybridized carbons (Fsp3) is 0.562. The molecule has 4 nitrogen and oxygen atoms in total. The van der Waals surface area contributed by atoms with Crippen molar-refractivity contribution in [2.75, 3.05) is 37.7 Å². The third kappa shape index (κ3) is 2.86. The summed E-state index contributed by atoms with van der Waals surface area (Å²) in [4.78, 5) is 16.6. The Bertz CT molecular complexity index is 466. The van der Waals surface area contributed by atoms with E-state index in [1.54, 1.807) is 0 Å². The molecule has 2 saturated heterocycles. The molecule has 1 aromatic carbocycles. The van der Waals surface area contributed by atoms with E-state index in [9.17, 15) is 4.79 Å². The Hall–Kier alpha value is -1.39. The fourth-order valence-electron chi connectivity index (χ4n) is 3.05. The fourth-order valence-corrected chi connectivity index (χ4v) is 3.05. The zero-order valence-electron chi connectivity index (χ0n) is 12.0. The molecule has 1 amide bonds. The van der Waals surface area contributed by atoms with Crippen molar-refractivity contribution < 1.29 is 9.53 Å². The molecule has 4 heteroatoms. The zero-order chi connectivity index (χ0) is 13.9. The number of hydrogen-bond acceptors (Lipinski definition) is 3. The maximum absolute atomic E-state index is 12.4. The molecule has 0 bridgehead atoms. The highest BCUT2D eigenvalue weighted by Gasteiger charge is 2.30. The highest BCUT2D eigenvalue weighted by atomic mass is 16.5. The number of anilines is 1. The first-order valence-corrected chi connectivity index (χ1v) is 7.43. The van der Waals surface area contributed by atoms with Gasteiger partial charge in [-0.2, -0.15) is 0 Å². The van der Waals surface area contributed by atoms with E-state index in [4.69, 9.17) is 4.74 Å². The molecule has 0 spiro atoms. The maximum atomic E-state index is 12.4. The van der Waals surface area contributed by atoms with Crippen LogP contribution in [0.4, 0.5) is 5.69 Å². The molecule has 3 rings (SSSR count). The number of aryl methyl sites for hydroxylation is 1. The number of amides is 1. The van der Waals surface area contributed by atoms with Gasteiger partial charge in [0.15, 0.2) is 0 Å². The van der Waals surface area contributed by atoms with Crippen LogP contribution in [0.1, 0.15) is 18.4 Å². The van der Waals surface area contributed by atoms with E-state index in [0.717, 1.165) is 44.8 Å². The Morgan fingerprint density at radius 2 is 1.80 bits per heavy atom. The van der Waals surface area contributed by atoms with Crippen LogP contribution < -0.4 is 4.90 Å². The molecular formula is C16H22N2O2. The Balaban J connectivity index is 1.64. The van der Waals surface area contributed by atoms with Gasteiger partial charge in [-0.05, 0) is 31.9 Å². The first-order valence-electron chi connectivity index (χ1n) is 7.43. The van der Waals surface area contributed by atoms with Gasteiger partial charge in [0.1, 0.15) is 0 Å². The molecule has 0 saturated carbocycles. The van der Waals surface area contributed by atoms with Crippen LogP contribution in [0, 0.1) is 6.92 Å². The van der Waals surface area contributed by atoms with Gasteiger partial charge in [-0.3, -0.25) is 9.69 Å². The summed E-state index contributed by atoms with van der Waals surface area (Å²) >= 11 is 0. The lowest BCUT2D eigenvalue weighted by atomic mass is 10.1. The number of nitrogens with zero attached hydrogens (tertiary/aromatic N) is 2. The largest absolute Gasteiger partial charge is 0.381 e. The molecule has 0 N–H and O–H groups in total. The first kappa shape index (κ1) is 13.6. The quantitative estimate of drug-likeness (QED) is 0.825. The van der Waals surface area contributed by atoms with Crippen molar-refractivity contribution in [1.82, 2.24) is 4.90 Å². The van der Waals surface area contributed by atoms with Gasteiger partial charge in [0.05, 0.1) is 6.54 Å². The number of carbonyl (C=O) groups is 1. The van der Waals surface area contributed by atoms with Crippen molar-refractivity contribution in [2.24, 2.45) is 0 Å². The Morgan fingerprint density at radius 1 is 1.10 bits per heavy atom. The van der Waals surface area contributed by atoms with E-state index in [0.29, 0.717) is 12.6 Å². The van der Waals surface area contributed by atoms with Gasteiger partial charge in [0.2, 0.25) is 5.91 Å². The molecular weight excluding hydrogens is 252 g/mol. The summed E-state index contributed by atoms with van der Waals surface area (Å²) in [6, 6.07) is 8.73. The summed E-state index contributed by atoms with van der Waals surface area (Å²) in [5.41, 5.74) is 2.24. The lowest BCUT2D eigenvalue weighted by Gasteiger charge is -2.40. The van der Waals surface area contributed by atoms with Crippen LogP contribution in [0.15, 0.2) is 24.3 Å². The van der Waals surface area contributed by atoms with Crippen LogP contribution >= 0.6 is 0 Å². The van der Waals surface area contributed by atoms with E-state index in [1.165, 1.54) is 5.56 Å². The lowest BCUT2D eigenvalue weighted by molar-refractivity contribution is -0.122. The van der Waals surface area contributed by atoms with E-state index in [2.05, 4.69) is 24.0 Å². The van der Waals surface area contributed by atoms with Crippen LogP contribution in [0.25, 0.3) is 0 Å². The smallest absolute Gasteiger partial charge is 0.241 e. The summed E-state index contributed by atoms with van der Waals surface area (Å²) in [6.07, 6.45) is 2.11. The molecule has 2 fully saturated rings.